The van der Waals surface area contributed by atoms with Crippen LogP contribution in [0.3, 0.4) is 0 Å². The summed E-state index contributed by atoms with van der Waals surface area (Å²) in [4.78, 5) is 0. The van der Waals surface area contributed by atoms with Gasteiger partial charge in [-0.15, -0.1) is 0 Å². The molecule has 2 aromatic carbocycles. The van der Waals surface area contributed by atoms with Gasteiger partial charge < -0.3 is 10.5 Å². The number of benzene rings is 2. The van der Waals surface area contributed by atoms with Crippen molar-refractivity contribution in [2.24, 2.45) is 5.73 Å². The molecular formula is C18H22FNO. The van der Waals surface area contributed by atoms with Gasteiger partial charge in [-0.2, -0.15) is 0 Å². The Hall–Kier alpha value is -1.87. The maximum Gasteiger partial charge on any atom is 0.127 e. The van der Waals surface area contributed by atoms with Crippen molar-refractivity contribution < 1.29 is 9.13 Å². The quantitative estimate of drug-likeness (QED) is 0.926. The Balaban J connectivity index is 2.45. The van der Waals surface area contributed by atoms with Crippen molar-refractivity contribution in [1.82, 2.24) is 0 Å². The first-order chi connectivity index (χ1) is 9.86. The van der Waals surface area contributed by atoms with Crippen molar-refractivity contribution in [3.8, 4) is 5.75 Å². The summed E-state index contributed by atoms with van der Waals surface area (Å²) >= 11 is 0. The second-order valence-corrected chi connectivity index (χ2v) is 5.77. The summed E-state index contributed by atoms with van der Waals surface area (Å²) in [6.07, 6.45) is 0.415. The molecule has 1 unspecified atom stereocenters. The van der Waals surface area contributed by atoms with Crippen LogP contribution >= 0.6 is 0 Å². The second-order valence-electron chi connectivity index (χ2n) is 5.77. The van der Waals surface area contributed by atoms with E-state index in [2.05, 4.69) is 0 Å². The highest BCUT2D eigenvalue weighted by atomic mass is 19.1. The molecule has 2 rings (SSSR count). The van der Waals surface area contributed by atoms with E-state index in [-0.39, 0.29) is 5.82 Å². The topological polar surface area (TPSA) is 35.2 Å². The molecule has 112 valence electrons. The lowest BCUT2D eigenvalue weighted by molar-refractivity contribution is 0.381. The molecule has 0 bridgehead atoms. The van der Waals surface area contributed by atoms with Gasteiger partial charge in [0.15, 0.2) is 0 Å². The van der Waals surface area contributed by atoms with E-state index in [9.17, 15) is 4.39 Å². The minimum atomic E-state index is -0.702. The predicted molar refractivity (Wildman–Crippen MR) is 84.1 cm³/mol. The Labute approximate surface area is 125 Å². The van der Waals surface area contributed by atoms with E-state index in [0.717, 1.165) is 22.4 Å². The normalized spacial score (nSPS) is 13.8. The smallest absolute Gasteiger partial charge is 0.127 e. The van der Waals surface area contributed by atoms with Crippen LogP contribution in [0.2, 0.25) is 0 Å². The third-order valence-corrected chi connectivity index (χ3v) is 4.01. The van der Waals surface area contributed by atoms with Crippen LogP contribution in [0.4, 0.5) is 4.39 Å². The van der Waals surface area contributed by atoms with Gasteiger partial charge in [0.05, 0.1) is 7.11 Å². The molecule has 0 spiro atoms. The molecule has 0 aromatic heterocycles. The summed E-state index contributed by atoms with van der Waals surface area (Å²) in [5.41, 5.74) is 9.52. The summed E-state index contributed by atoms with van der Waals surface area (Å²) in [5, 5.41) is 0. The Bertz CT molecular complexity index is 650. The lowest BCUT2D eigenvalue weighted by Gasteiger charge is -2.28. The molecule has 0 aliphatic heterocycles. The fraction of sp³-hybridized carbons (Fsp3) is 0.333. The molecule has 2 nitrogen and oxygen atoms in total. The zero-order valence-electron chi connectivity index (χ0n) is 13.0. The average Bonchev–Trinajstić information content (AvgIpc) is 2.43. The van der Waals surface area contributed by atoms with Gasteiger partial charge >= 0.3 is 0 Å². The number of hydrogen-bond donors (Lipinski definition) is 1. The molecule has 0 saturated heterocycles. The van der Waals surface area contributed by atoms with Crippen LogP contribution in [-0.2, 0) is 12.0 Å². The maximum atomic E-state index is 13.9. The van der Waals surface area contributed by atoms with E-state index in [0.29, 0.717) is 12.0 Å². The summed E-state index contributed by atoms with van der Waals surface area (Å²) in [6.45, 7) is 5.95. The molecular weight excluding hydrogens is 265 g/mol. The Morgan fingerprint density at radius 2 is 1.81 bits per heavy atom. The van der Waals surface area contributed by atoms with E-state index < -0.39 is 5.54 Å². The summed E-state index contributed by atoms with van der Waals surface area (Å²) in [5.74, 6) is 0.563. The molecule has 2 aromatic rings. The first-order valence-electron chi connectivity index (χ1n) is 7.04. The number of nitrogens with two attached hydrogens (primary N) is 1. The number of methoxy groups -OCH3 is 1. The lowest BCUT2D eigenvalue weighted by Crippen LogP contribution is -2.36. The van der Waals surface area contributed by atoms with E-state index >= 15 is 0 Å². The monoisotopic (exact) mass is 287 g/mol. The third kappa shape index (κ3) is 3.08. The van der Waals surface area contributed by atoms with Crippen molar-refractivity contribution in [2.45, 2.75) is 32.7 Å². The number of hydrogen-bond acceptors (Lipinski definition) is 2. The summed E-state index contributed by atoms with van der Waals surface area (Å²) in [7, 11) is 1.64. The van der Waals surface area contributed by atoms with Crippen LogP contribution in [-0.4, -0.2) is 7.11 Å². The van der Waals surface area contributed by atoms with Crippen LogP contribution in [0.5, 0.6) is 5.75 Å². The zero-order valence-corrected chi connectivity index (χ0v) is 13.0. The standard InChI is InChI=1S/C18H22FNO/c1-12-9-10-15(17(21-4)13(12)2)18(3,20)11-14-7-5-6-8-16(14)19/h5-10H,11,20H2,1-4H3. The van der Waals surface area contributed by atoms with Crippen molar-refractivity contribution >= 4 is 0 Å². The van der Waals surface area contributed by atoms with E-state index in [1.165, 1.54) is 6.07 Å². The van der Waals surface area contributed by atoms with Crippen LogP contribution in [0.1, 0.15) is 29.2 Å². The summed E-state index contributed by atoms with van der Waals surface area (Å²) < 4.78 is 19.4. The number of rotatable bonds is 4. The molecule has 1 atom stereocenters. The molecule has 0 heterocycles. The largest absolute Gasteiger partial charge is 0.496 e. The van der Waals surface area contributed by atoms with Gasteiger partial charge in [0, 0.05) is 11.1 Å². The van der Waals surface area contributed by atoms with E-state index in [4.69, 9.17) is 10.5 Å². The number of ether oxygens (including phenoxy) is 1. The molecule has 3 heteroatoms. The minimum absolute atomic E-state index is 0.225. The van der Waals surface area contributed by atoms with Gasteiger partial charge in [-0.3, -0.25) is 0 Å². The van der Waals surface area contributed by atoms with Crippen molar-refractivity contribution in [3.05, 3.63) is 64.5 Å². The third-order valence-electron chi connectivity index (χ3n) is 4.01. The first-order valence-corrected chi connectivity index (χ1v) is 7.04. The Morgan fingerprint density at radius 1 is 1.14 bits per heavy atom. The van der Waals surface area contributed by atoms with Crippen LogP contribution in [0.15, 0.2) is 36.4 Å². The highest BCUT2D eigenvalue weighted by molar-refractivity contribution is 5.49. The van der Waals surface area contributed by atoms with Gasteiger partial charge in [-0.05, 0) is 49.9 Å². The van der Waals surface area contributed by atoms with Gasteiger partial charge in [-0.25, -0.2) is 4.39 Å². The minimum Gasteiger partial charge on any atom is -0.496 e. The van der Waals surface area contributed by atoms with Crippen molar-refractivity contribution in [3.63, 3.8) is 0 Å². The van der Waals surface area contributed by atoms with Gasteiger partial charge in [0.2, 0.25) is 0 Å². The molecule has 0 aliphatic carbocycles. The van der Waals surface area contributed by atoms with Crippen LogP contribution < -0.4 is 10.5 Å². The number of halogens is 1. The molecule has 0 saturated carbocycles. The molecule has 0 fully saturated rings. The summed E-state index contributed by atoms with van der Waals surface area (Å²) in [6, 6.07) is 10.7. The van der Waals surface area contributed by atoms with Crippen molar-refractivity contribution in [1.29, 1.82) is 0 Å². The maximum absolute atomic E-state index is 13.9. The fourth-order valence-electron chi connectivity index (χ4n) is 2.64. The van der Waals surface area contributed by atoms with Gasteiger partial charge in [-0.1, -0.05) is 30.3 Å². The highest BCUT2D eigenvalue weighted by Gasteiger charge is 2.27. The molecule has 21 heavy (non-hydrogen) atoms. The SMILES string of the molecule is COc1c(C(C)(N)Cc2ccccc2F)ccc(C)c1C. The first kappa shape index (κ1) is 15.5. The van der Waals surface area contributed by atoms with Gasteiger partial charge in [0.25, 0.3) is 0 Å². The van der Waals surface area contributed by atoms with Gasteiger partial charge in [0.1, 0.15) is 11.6 Å². The molecule has 0 amide bonds. The van der Waals surface area contributed by atoms with Crippen LogP contribution in [0, 0.1) is 19.7 Å². The van der Waals surface area contributed by atoms with Crippen molar-refractivity contribution in [2.75, 3.05) is 7.11 Å². The number of aryl methyl sites for hydroxylation is 1. The highest BCUT2D eigenvalue weighted by Crippen LogP contribution is 2.35. The predicted octanol–water partition coefficient (Wildman–Crippen LogP) is 3.87. The van der Waals surface area contributed by atoms with E-state index in [1.54, 1.807) is 19.2 Å². The molecule has 2 N–H and O–H groups in total. The molecule has 0 aliphatic rings. The zero-order chi connectivity index (χ0) is 15.6. The fourth-order valence-corrected chi connectivity index (χ4v) is 2.64. The van der Waals surface area contributed by atoms with E-state index in [1.807, 2.05) is 39.0 Å². The van der Waals surface area contributed by atoms with Crippen LogP contribution in [0.25, 0.3) is 0 Å². The average molecular weight is 287 g/mol. The Kier molecular flexibility index (Phi) is 4.33. The molecule has 0 radical (unpaired) electrons. The second kappa shape index (κ2) is 5.86. The lowest BCUT2D eigenvalue weighted by atomic mass is 9.84. The Morgan fingerprint density at radius 3 is 2.43 bits per heavy atom.